The van der Waals surface area contributed by atoms with E-state index < -0.39 is 30.1 Å². The molecule has 1 fully saturated rings. The molecule has 1 heterocycles. The van der Waals surface area contributed by atoms with Gasteiger partial charge in [-0.15, -0.1) is 12.4 Å². The molecule has 4 nitrogen and oxygen atoms in total. The van der Waals surface area contributed by atoms with Crippen LogP contribution in [0.4, 0.5) is 17.6 Å². The second-order valence-corrected chi connectivity index (χ2v) is 5.08. The molecule has 2 rings (SSSR count). The predicted octanol–water partition coefficient (Wildman–Crippen LogP) is 2.43. The van der Waals surface area contributed by atoms with Crippen LogP contribution in [0.5, 0.6) is 0 Å². The van der Waals surface area contributed by atoms with E-state index in [2.05, 4.69) is 5.32 Å². The van der Waals surface area contributed by atoms with Crippen LogP contribution in [0, 0.1) is 5.82 Å². The number of alkyl halides is 3. The van der Waals surface area contributed by atoms with E-state index in [4.69, 9.17) is 10.5 Å². The standard InChI is InChI=1S/C14H16F4N2O2.ClH/c15-10-5-8(6-19)1-2-9(10)7-20-13(21)11-3-4-12(22-11)14(16,17)18;/h1-2,5,11-12H,3-4,6-7,19H2,(H,20,21);1H/t11-,12+;/m0./s1. The van der Waals surface area contributed by atoms with E-state index in [1.807, 2.05) is 0 Å². The van der Waals surface area contributed by atoms with Crippen molar-refractivity contribution in [1.29, 1.82) is 0 Å². The van der Waals surface area contributed by atoms with Crippen molar-refractivity contribution in [1.82, 2.24) is 5.32 Å². The molecule has 0 aromatic heterocycles. The summed E-state index contributed by atoms with van der Waals surface area (Å²) in [6.45, 7) is 0.0738. The maximum absolute atomic E-state index is 13.7. The van der Waals surface area contributed by atoms with Gasteiger partial charge >= 0.3 is 6.18 Å². The number of rotatable bonds is 4. The molecule has 0 spiro atoms. The van der Waals surface area contributed by atoms with Gasteiger partial charge in [-0.25, -0.2) is 4.39 Å². The molecule has 0 aliphatic carbocycles. The summed E-state index contributed by atoms with van der Waals surface area (Å²) in [6.07, 6.45) is -7.80. The van der Waals surface area contributed by atoms with Crippen molar-refractivity contribution < 1.29 is 27.1 Å². The van der Waals surface area contributed by atoms with Crippen LogP contribution in [0.25, 0.3) is 0 Å². The molecule has 1 aromatic carbocycles. The molecule has 1 aliphatic heterocycles. The number of hydrogen-bond acceptors (Lipinski definition) is 3. The first-order valence-corrected chi connectivity index (χ1v) is 6.78. The van der Waals surface area contributed by atoms with Gasteiger partial charge < -0.3 is 15.8 Å². The zero-order chi connectivity index (χ0) is 16.3. The van der Waals surface area contributed by atoms with E-state index in [-0.39, 0.29) is 43.9 Å². The van der Waals surface area contributed by atoms with E-state index >= 15 is 0 Å². The average molecular weight is 357 g/mol. The third kappa shape index (κ3) is 5.05. The summed E-state index contributed by atoms with van der Waals surface area (Å²) in [5.41, 5.74) is 6.22. The number of nitrogens with one attached hydrogen (secondary N) is 1. The van der Waals surface area contributed by atoms with Crippen molar-refractivity contribution in [3.63, 3.8) is 0 Å². The molecule has 1 saturated heterocycles. The zero-order valence-electron chi connectivity index (χ0n) is 12.0. The van der Waals surface area contributed by atoms with Crippen LogP contribution in [0.15, 0.2) is 18.2 Å². The van der Waals surface area contributed by atoms with E-state index in [1.165, 1.54) is 12.1 Å². The fourth-order valence-corrected chi connectivity index (χ4v) is 2.23. The van der Waals surface area contributed by atoms with Gasteiger partial charge in [0.05, 0.1) is 0 Å². The topological polar surface area (TPSA) is 64.3 Å². The highest BCUT2D eigenvalue weighted by Gasteiger charge is 2.47. The van der Waals surface area contributed by atoms with Gasteiger partial charge in [0.25, 0.3) is 0 Å². The highest BCUT2D eigenvalue weighted by atomic mass is 35.5. The van der Waals surface area contributed by atoms with Gasteiger partial charge in [0.15, 0.2) is 6.10 Å². The van der Waals surface area contributed by atoms with Gasteiger partial charge in [0, 0.05) is 18.7 Å². The van der Waals surface area contributed by atoms with Gasteiger partial charge in [0.2, 0.25) is 5.91 Å². The van der Waals surface area contributed by atoms with Crippen LogP contribution in [0.3, 0.4) is 0 Å². The third-order valence-corrected chi connectivity index (χ3v) is 3.48. The molecule has 0 bridgehead atoms. The lowest BCUT2D eigenvalue weighted by Crippen LogP contribution is -2.36. The molecule has 3 N–H and O–H groups in total. The van der Waals surface area contributed by atoms with Crippen LogP contribution >= 0.6 is 12.4 Å². The Morgan fingerprint density at radius 1 is 1.35 bits per heavy atom. The van der Waals surface area contributed by atoms with Crippen LogP contribution in [-0.4, -0.2) is 24.3 Å². The molecule has 1 amide bonds. The smallest absolute Gasteiger partial charge is 0.356 e. The van der Waals surface area contributed by atoms with E-state index in [1.54, 1.807) is 6.07 Å². The zero-order valence-corrected chi connectivity index (χ0v) is 12.8. The van der Waals surface area contributed by atoms with E-state index in [0.717, 1.165) is 0 Å². The summed E-state index contributed by atoms with van der Waals surface area (Å²) in [7, 11) is 0. The quantitative estimate of drug-likeness (QED) is 0.814. The summed E-state index contributed by atoms with van der Waals surface area (Å²) in [4.78, 5) is 11.8. The molecule has 0 radical (unpaired) electrons. The van der Waals surface area contributed by atoms with Crippen LogP contribution in [0.1, 0.15) is 24.0 Å². The number of carbonyl (C=O) groups is 1. The van der Waals surface area contributed by atoms with Gasteiger partial charge in [-0.05, 0) is 24.5 Å². The molecule has 1 aromatic rings. The molecule has 0 saturated carbocycles. The molecule has 0 unspecified atom stereocenters. The number of halogens is 5. The fourth-order valence-electron chi connectivity index (χ4n) is 2.23. The highest BCUT2D eigenvalue weighted by molar-refractivity contribution is 5.85. The molecule has 130 valence electrons. The Labute approximate surface area is 136 Å². The molecular weight excluding hydrogens is 340 g/mol. The summed E-state index contributed by atoms with van der Waals surface area (Å²) in [5.74, 6) is -1.20. The molecule has 9 heteroatoms. The van der Waals surface area contributed by atoms with Crippen molar-refractivity contribution in [2.45, 2.75) is 44.3 Å². The third-order valence-electron chi connectivity index (χ3n) is 3.48. The van der Waals surface area contributed by atoms with Crippen molar-refractivity contribution in [2.75, 3.05) is 0 Å². The van der Waals surface area contributed by atoms with Gasteiger partial charge in [-0.3, -0.25) is 4.79 Å². The van der Waals surface area contributed by atoms with E-state index in [0.29, 0.717) is 5.56 Å². The predicted molar refractivity (Wildman–Crippen MR) is 77.3 cm³/mol. The molecule has 2 atom stereocenters. The van der Waals surface area contributed by atoms with E-state index in [9.17, 15) is 22.4 Å². The second kappa shape index (κ2) is 7.94. The maximum atomic E-state index is 13.7. The summed E-state index contributed by atoms with van der Waals surface area (Å²) < 4.78 is 55.8. The van der Waals surface area contributed by atoms with Crippen LogP contribution < -0.4 is 11.1 Å². The Morgan fingerprint density at radius 3 is 2.57 bits per heavy atom. The second-order valence-electron chi connectivity index (χ2n) is 5.08. The van der Waals surface area contributed by atoms with Gasteiger partial charge in [-0.2, -0.15) is 13.2 Å². The lowest BCUT2D eigenvalue weighted by atomic mass is 10.1. The summed E-state index contributed by atoms with van der Waals surface area (Å²) >= 11 is 0. The largest absolute Gasteiger partial charge is 0.414 e. The number of amides is 1. The van der Waals surface area contributed by atoms with Gasteiger partial charge in [0.1, 0.15) is 11.9 Å². The van der Waals surface area contributed by atoms with Crippen LogP contribution in [0.2, 0.25) is 0 Å². The summed E-state index contributed by atoms with van der Waals surface area (Å²) in [5, 5.41) is 2.39. The first kappa shape index (κ1) is 19.7. The minimum Gasteiger partial charge on any atom is -0.356 e. The number of benzene rings is 1. The number of nitrogens with two attached hydrogens (primary N) is 1. The average Bonchev–Trinajstić information content (AvgIpc) is 2.95. The monoisotopic (exact) mass is 356 g/mol. The summed E-state index contributed by atoms with van der Waals surface area (Å²) in [6, 6.07) is 4.36. The van der Waals surface area contributed by atoms with Crippen molar-refractivity contribution in [3.8, 4) is 0 Å². The Hall–Kier alpha value is -1.38. The Morgan fingerprint density at radius 2 is 2.04 bits per heavy atom. The molecule has 1 aliphatic rings. The lowest BCUT2D eigenvalue weighted by molar-refractivity contribution is -0.214. The lowest BCUT2D eigenvalue weighted by Gasteiger charge is -2.16. The fraction of sp³-hybridized carbons (Fsp3) is 0.500. The Balaban J connectivity index is 0.00000264. The Bertz CT molecular complexity index is 554. The Kier molecular flexibility index (Phi) is 6.79. The first-order valence-electron chi connectivity index (χ1n) is 6.78. The van der Waals surface area contributed by atoms with Crippen molar-refractivity contribution in [2.24, 2.45) is 5.73 Å². The number of ether oxygens (including phenoxy) is 1. The van der Waals surface area contributed by atoms with Gasteiger partial charge in [-0.1, -0.05) is 12.1 Å². The maximum Gasteiger partial charge on any atom is 0.414 e. The minimum absolute atomic E-state index is 0. The molecular formula is C14H17ClF4N2O2. The van der Waals surface area contributed by atoms with Crippen LogP contribution in [-0.2, 0) is 22.6 Å². The normalized spacial score (nSPS) is 20.9. The molecule has 23 heavy (non-hydrogen) atoms. The number of hydrogen-bond donors (Lipinski definition) is 2. The van der Waals surface area contributed by atoms with Crippen molar-refractivity contribution >= 4 is 18.3 Å². The highest BCUT2D eigenvalue weighted by Crippen LogP contribution is 2.33. The minimum atomic E-state index is -4.47. The SMILES string of the molecule is Cl.NCc1ccc(CNC(=O)[C@@H]2CC[C@H](C(F)(F)F)O2)c(F)c1. The number of carbonyl (C=O) groups excluding carboxylic acids is 1. The van der Waals surface area contributed by atoms with Crippen molar-refractivity contribution in [3.05, 3.63) is 35.1 Å². The first-order chi connectivity index (χ1) is 10.3.